The Kier molecular flexibility index (Phi) is 4.68. The largest absolute Gasteiger partial charge is 0.348 e. The lowest BCUT2D eigenvalue weighted by Gasteiger charge is -2.30. The molecular formula is C16H18N6O2S2. The molecule has 1 aliphatic rings. The first-order valence-corrected chi connectivity index (χ1v) is 10.1. The van der Waals surface area contributed by atoms with E-state index in [2.05, 4.69) is 32.1 Å². The third kappa shape index (κ3) is 3.47. The molecular weight excluding hydrogens is 372 g/mol. The van der Waals surface area contributed by atoms with Gasteiger partial charge < -0.3 is 10.2 Å². The second-order valence-corrected chi connectivity index (χ2v) is 8.28. The van der Waals surface area contributed by atoms with Crippen molar-refractivity contribution in [3.63, 3.8) is 0 Å². The standard InChI is InChI=1S/C16H18N6O2S2/c1-10-3-2-5-21(7-10)16-20-13-12(26-16)14(24)22(9-18-13)8-11(23)19-15-17-4-6-25-15/h4,6,9-10H,2-3,5,7-8H2,1H3,(H,17,19,23). The van der Waals surface area contributed by atoms with Gasteiger partial charge in [-0.3, -0.25) is 14.2 Å². The molecule has 26 heavy (non-hydrogen) atoms. The van der Waals surface area contributed by atoms with Crippen LogP contribution in [0.15, 0.2) is 22.7 Å². The Morgan fingerprint density at radius 3 is 3.08 bits per heavy atom. The minimum Gasteiger partial charge on any atom is -0.348 e. The molecule has 8 nitrogen and oxygen atoms in total. The molecule has 0 aromatic carbocycles. The summed E-state index contributed by atoms with van der Waals surface area (Å²) < 4.78 is 1.80. The van der Waals surface area contributed by atoms with Crippen LogP contribution in [0.3, 0.4) is 0 Å². The summed E-state index contributed by atoms with van der Waals surface area (Å²) in [4.78, 5) is 39.8. The lowest BCUT2D eigenvalue weighted by Crippen LogP contribution is -2.34. The fraction of sp³-hybridized carbons (Fsp3) is 0.438. The molecule has 3 aromatic rings. The number of thiazole rings is 2. The molecule has 1 aliphatic heterocycles. The molecule has 0 bridgehead atoms. The van der Waals surface area contributed by atoms with Crippen molar-refractivity contribution in [1.29, 1.82) is 0 Å². The Bertz CT molecular complexity index is 980. The van der Waals surface area contributed by atoms with Gasteiger partial charge in [-0.05, 0) is 18.8 Å². The van der Waals surface area contributed by atoms with Crippen molar-refractivity contribution in [2.24, 2.45) is 5.92 Å². The second-order valence-electron chi connectivity index (χ2n) is 6.41. The summed E-state index contributed by atoms with van der Waals surface area (Å²) in [6, 6.07) is 0. The molecule has 1 atom stereocenters. The number of anilines is 2. The van der Waals surface area contributed by atoms with Crippen LogP contribution < -0.4 is 15.8 Å². The number of fused-ring (bicyclic) bond motifs is 1. The number of carbonyl (C=O) groups is 1. The van der Waals surface area contributed by atoms with Crippen LogP contribution in [-0.2, 0) is 11.3 Å². The van der Waals surface area contributed by atoms with E-state index in [0.717, 1.165) is 24.6 Å². The number of hydrogen-bond donors (Lipinski definition) is 1. The fourth-order valence-corrected chi connectivity index (χ4v) is 4.59. The SMILES string of the molecule is CC1CCCN(c2nc3ncn(CC(=O)Nc4nccs4)c(=O)c3s2)C1. The van der Waals surface area contributed by atoms with Crippen LogP contribution in [0.2, 0.25) is 0 Å². The van der Waals surface area contributed by atoms with Gasteiger partial charge in [-0.1, -0.05) is 18.3 Å². The molecule has 4 rings (SSSR count). The van der Waals surface area contributed by atoms with E-state index in [0.29, 0.717) is 21.4 Å². The lowest BCUT2D eigenvalue weighted by atomic mass is 10.0. The molecule has 0 aliphatic carbocycles. The van der Waals surface area contributed by atoms with E-state index in [9.17, 15) is 9.59 Å². The molecule has 10 heteroatoms. The minimum absolute atomic E-state index is 0.102. The van der Waals surface area contributed by atoms with Crippen LogP contribution in [-0.4, -0.2) is 38.5 Å². The third-order valence-corrected chi connectivity index (χ3v) is 6.07. The van der Waals surface area contributed by atoms with Crippen LogP contribution in [0.25, 0.3) is 10.3 Å². The predicted octanol–water partition coefficient (Wildman–Crippen LogP) is 2.18. The molecule has 0 saturated carbocycles. The van der Waals surface area contributed by atoms with Gasteiger partial charge in [0.25, 0.3) is 5.56 Å². The van der Waals surface area contributed by atoms with E-state index in [-0.39, 0.29) is 18.0 Å². The minimum atomic E-state index is -0.308. The van der Waals surface area contributed by atoms with E-state index < -0.39 is 0 Å². The van der Waals surface area contributed by atoms with Gasteiger partial charge in [0.2, 0.25) is 5.91 Å². The monoisotopic (exact) mass is 390 g/mol. The number of rotatable bonds is 4. The summed E-state index contributed by atoms with van der Waals surface area (Å²) >= 11 is 2.68. The highest BCUT2D eigenvalue weighted by atomic mass is 32.1. The van der Waals surface area contributed by atoms with Crippen LogP contribution in [0.1, 0.15) is 19.8 Å². The third-order valence-electron chi connectivity index (χ3n) is 4.29. The number of amides is 1. The maximum atomic E-state index is 12.7. The number of carbonyl (C=O) groups excluding carboxylic acids is 1. The molecule has 1 amide bonds. The van der Waals surface area contributed by atoms with Crippen LogP contribution in [0, 0.1) is 5.92 Å². The van der Waals surface area contributed by atoms with Gasteiger partial charge in [0.1, 0.15) is 17.6 Å². The topological polar surface area (TPSA) is 93.0 Å². The summed E-state index contributed by atoms with van der Waals surface area (Å²) in [5, 5.41) is 5.79. The van der Waals surface area contributed by atoms with Crippen molar-refractivity contribution in [1.82, 2.24) is 19.5 Å². The summed E-state index contributed by atoms with van der Waals surface area (Å²) in [5.41, 5.74) is 0.211. The molecule has 136 valence electrons. The molecule has 0 radical (unpaired) electrons. The van der Waals surface area contributed by atoms with E-state index in [1.54, 1.807) is 11.6 Å². The van der Waals surface area contributed by atoms with E-state index >= 15 is 0 Å². The van der Waals surface area contributed by atoms with Gasteiger partial charge in [-0.15, -0.1) is 11.3 Å². The Morgan fingerprint density at radius 1 is 1.42 bits per heavy atom. The van der Waals surface area contributed by atoms with Gasteiger partial charge in [0.05, 0.1) is 0 Å². The number of nitrogens with zero attached hydrogens (tertiary/aromatic N) is 5. The van der Waals surface area contributed by atoms with Crippen molar-refractivity contribution in [3.8, 4) is 0 Å². The first kappa shape index (κ1) is 17.1. The van der Waals surface area contributed by atoms with E-state index in [1.807, 2.05) is 0 Å². The lowest BCUT2D eigenvalue weighted by molar-refractivity contribution is -0.116. The number of aromatic nitrogens is 4. The van der Waals surface area contributed by atoms with Crippen molar-refractivity contribution in [2.45, 2.75) is 26.3 Å². The van der Waals surface area contributed by atoms with Crippen LogP contribution in [0.4, 0.5) is 10.3 Å². The summed E-state index contributed by atoms with van der Waals surface area (Å²) in [6.07, 6.45) is 5.35. The second kappa shape index (κ2) is 7.12. The molecule has 1 saturated heterocycles. The normalized spacial score (nSPS) is 17.6. The molecule has 3 aromatic heterocycles. The molecule has 4 heterocycles. The van der Waals surface area contributed by atoms with Gasteiger partial charge in [-0.2, -0.15) is 4.98 Å². The first-order valence-electron chi connectivity index (χ1n) is 8.40. The van der Waals surface area contributed by atoms with E-state index in [1.165, 1.54) is 40.0 Å². The Balaban J connectivity index is 1.56. The van der Waals surface area contributed by atoms with E-state index in [4.69, 9.17) is 0 Å². The molecule has 1 N–H and O–H groups in total. The Labute approximate surface area is 157 Å². The van der Waals surface area contributed by atoms with Crippen LogP contribution >= 0.6 is 22.7 Å². The number of nitrogens with one attached hydrogen (secondary N) is 1. The molecule has 0 spiro atoms. The average Bonchev–Trinajstić information content (AvgIpc) is 3.27. The summed E-state index contributed by atoms with van der Waals surface area (Å²) in [6.45, 7) is 4.03. The number of piperidine rings is 1. The summed E-state index contributed by atoms with van der Waals surface area (Å²) in [7, 11) is 0. The maximum absolute atomic E-state index is 12.7. The Hall–Kier alpha value is -2.33. The highest BCUT2D eigenvalue weighted by Crippen LogP contribution is 2.29. The maximum Gasteiger partial charge on any atom is 0.273 e. The first-order chi connectivity index (χ1) is 12.6. The average molecular weight is 390 g/mol. The highest BCUT2D eigenvalue weighted by Gasteiger charge is 2.21. The quantitative estimate of drug-likeness (QED) is 0.734. The summed E-state index contributed by atoms with van der Waals surface area (Å²) in [5.74, 6) is 0.313. The zero-order valence-corrected chi connectivity index (χ0v) is 15.8. The zero-order valence-electron chi connectivity index (χ0n) is 14.2. The molecule has 1 unspecified atom stereocenters. The molecule has 1 fully saturated rings. The fourth-order valence-electron chi connectivity index (χ4n) is 3.04. The van der Waals surface area contributed by atoms with Gasteiger partial charge >= 0.3 is 0 Å². The van der Waals surface area contributed by atoms with Gasteiger partial charge in [-0.25, -0.2) is 9.97 Å². The predicted molar refractivity (Wildman–Crippen MR) is 103 cm³/mol. The smallest absolute Gasteiger partial charge is 0.273 e. The number of hydrogen-bond acceptors (Lipinski definition) is 8. The van der Waals surface area contributed by atoms with Crippen molar-refractivity contribution >= 4 is 49.2 Å². The van der Waals surface area contributed by atoms with Crippen molar-refractivity contribution in [3.05, 3.63) is 28.3 Å². The van der Waals surface area contributed by atoms with Gasteiger partial charge in [0, 0.05) is 24.7 Å². The van der Waals surface area contributed by atoms with Crippen LogP contribution in [0.5, 0.6) is 0 Å². The van der Waals surface area contributed by atoms with Gasteiger partial charge in [0.15, 0.2) is 15.9 Å². The highest BCUT2D eigenvalue weighted by molar-refractivity contribution is 7.22. The van der Waals surface area contributed by atoms with Crippen molar-refractivity contribution in [2.75, 3.05) is 23.3 Å². The zero-order chi connectivity index (χ0) is 18.1. The van der Waals surface area contributed by atoms with Crippen molar-refractivity contribution < 1.29 is 4.79 Å². The Morgan fingerprint density at radius 2 is 2.31 bits per heavy atom.